The first-order valence-electron chi connectivity index (χ1n) is 5.74. The molecule has 1 N–H and O–H groups in total. The van der Waals surface area contributed by atoms with Crippen molar-refractivity contribution in [2.45, 2.75) is 37.4 Å². The maximum absolute atomic E-state index is 13.0. The Balaban J connectivity index is 2.11. The van der Waals surface area contributed by atoms with E-state index in [2.05, 4.69) is 0 Å². The molecule has 0 radical (unpaired) electrons. The van der Waals surface area contributed by atoms with Crippen molar-refractivity contribution in [2.24, 2.45) is 0 Å². The highest BCUT2D eigenvalue weighted by molar-refractivity contribution is 5.20. The average molecular weight is 242 g/mol. The van der Waals surface area contributed by atoms with Crippen molar-refractivity contribution in [1.29, 1.82) is 0 Å². The summed E-state index contributed by atoms with van der Waals surface area (Å²) in [4.78, 5) is 0. The molecule has 2 rings (SSSR count). The lowest BCUT2D eigenvalue weighted by atomic mass is 9.75. The fourth-order valence-electron chi connectivity index (χ4n) is 2.30. The summed E-state index contributed by atoms with van der Waals surface area (Å²) >= 11 is 0. The Kier molecular flexibility index (Phi) is 3.45. The minimum atomic E-state index is -0.888. The lowest BCUT2D eigenvalue weighted by molar-refractivity contribution is -0.0999. The molecule has 0 saturated heterocycles. The molecule has 0 bridgehead atoms. The third kappa shape index (κ3) is 2.64. The third-order valence-electron chi connectivity index (χ3n) is 3.53. The molecule has 1 saturated carbocycles. The molecule has 4 heteroatoms. The Morgan fingerprint density at radius 2 is 1.88 bits per heavy atom. The van der Waals surface area contributed by atoms with E-state index in [4.69, 9.17) is 4.74 Å². The van der Waals surface area contributed by atoms with E-state index in [-0.39, 0.29) is 11.2 Å². The summed E-state index contributed by atoms with van der Waals surface area (Å²) in [6.07, 6.45) is 2.33. The van der Waals surface area contributed by atoms with Gasteiger partial charge in [0.15, 0.2) is 0 Å². The predicted molar refractivity (Wildman–Crippen MR) is 59.5 cm³/mol. The van der Waals surface area contributed by atoms with Gasteiger partial charge in [-0.3, -0.25) is 0 Å². The van der Waals surface area contributed by atoms with Gasteiger partial charge in [0.2, 0.25) is 0 Å². The predicted octanol–water partition coefficient (Wildman–Crippen LogP) is 2.96. The van der Waals surface area contributed by atoms with Gasteiger partial charge in [-0.15, -0.1) is 0 Å². The summed E-state index contributed by atoms with van der Waals surface area (Å²) in [5, 5.41) is 9.99. The second-order valence-electron chi connectivity index (χ2n) is 4.66. The van der Waals surface area contributed by atoms with Gasteiger partial charge >= 0.3 is 0 Å². The van der Waals surface area contributed by atoms with Crippen LogP contribution in [0.4, 0.5) is 8.78 Å². The standard InChI is InChI=1S/C13H16F2O2/c1-17-13(3-2-4-13)8-12(16)9-5-10(14)7-11(15)6-9/h5-7,12,16H,2-4,8H2,1H3. The van der Waals surface area contributed by atoms with Crippen LogP contribution in [0, 0.1) is 11.6 Å². The molecule has 94 valence electrons. The van der Waals surface area contributed by atoms with E-state index < -0.39 is 17.7 Å². The lowest BCUT2D eigenvalue weighted by Crippen LogP contribution is -2.40. The van der Waals surface area contributed by atoms with Crippen LogP contribution in [-0.4, -0.2) is 17.8 Å². The van der Waals surface area contributed by atoms with Crippen LogP contribution in [0.2, 0.25) is 0 Å². The zero-order chi connectivity index (χ0) is 12.5. The summed E-state index contributed by atoms with van der Waals surface area (Å²) in [6, 6.07) is 3.12. The van der Waals surface area contributed by atoms with Crippen molar-refractivity contribution in [3.63, 3.8) is 0 Å². The summed E-state index contributed by atoms with van der Waals surface area (Å²) < 4.78 is 31.4. The zero-order valence-corrected chi connectivity index (χ0v) is 9.75. The molecular weight excluding hydrogens is 226 g/mol. The number of aliphatic hydroxyl groups is 1. The summed E-state index contributed by atoms with van der Waals surface area (Å²) in [5.41, 5.74) is -0.0480. The van der Waals surface area contributed by atoms with Crippen LogP contribution in [0.1, 0.15) is 37.4 Å². The quantitative estimate of drug-likeness (QED) is 0.879. The van der Waals surface area contributed by atoms with Crippen molar-refractivity contribution in [3.05, 3.63) is 35.4 Å². The van der Waals surface area contributed by atoms with Gasteiger partial charge in [0.25, 0.3) is 0 Å². The fourth-order valence-corrected chi connectivity index (χ4v) is 2.30. The first kappa shape index (κ1) is 12.5. The number of rotatable bonds is 4. The maximum Gasteiger partial charge on any atom is 0.126 e. The highest BCUT2D eigenvalue weighted by atomic mass is 19.1. The SMILES string of the molecule is COC1(CC(O)c2cc(F)cc(F)c2)CCC1. The number of hydrogen-bond donors (Lipinski definition) is 1. The zero-order valence-electron chi connectivity index (χ0n) is 9.75. The summed E-state index contributed by atoms with van der Waals surface area (Å²) in [6.45, 7) is 0. The minimum absolute atomic E-state index is 0.269. The molecule has 0 spiro atoms. The lowest BCUT2D eigenvalue weighted by Gasteiger charge is -2.41. The molecule has 1 unspecified atom stereocenters. The van der Waals surface area contributed by atoms with Crippen LogP contribution < -0.4 is 0 Å². The van der Waals surface area contributed by atoms with Crippen LogP contribution >= 0.6 is 0 Å². The van der Waals surface area contributed by atoms with E-state index in [1.807, 2.05) is 0 Å². The van der Waals surface area contributed by atoms with Gasteiger partial charge in [0, 0.05) is 19.6 Å². The molecule has 2 nitrogen and oxygen atoms in total. The van der Waals surface area contributed by atoms with Gasteiger partial charge in [-0.25, -0.2) is 8.78 Å². The Labute approximate surface area is 99.2 Å². The van der Waals surface area contributed by atoms with E-state index in [0.717, 1.165) is 37.5 Å². The smallest absolute Gasteiger partial charge is 0.126 e. The summed E-state index contributed by atoms with van der Waals surface area (Å²) in [5.74, 6) is -1.33. The van der Waals surface area contributed by atoms with Crippen LogP contribution in [-0.2, 0) is 4.74 Å². The molecular formula is C13H16F2O2. The Morgan fingerprint density at radius 3 is 2.29 bits per heavy atom. The van der Waals surface area contributed by atoms with E-state index in [1.165, 1.54) is 0 Å². The van der Waals surface area contributed by atoms with E-state index >= 15 is 0 Å². The van der Waals surface area contributed by atoms with E-state index in [1.54, 1.807) is 7.11 Å². The van der Waals surface area contributed by atoms with Crippen molar-refractivity contribution in [3.8, 4) is 0 Å². The molecule has 0 aromatic heterocycles. The van der Waals surface area contributed by atoms with E-state index in [0.29, 0.717) is 6.42 Å². The molecule has 1 aromatic carbocycles. The first-order chi connectivity index (χ1) is 8.04. The molecule has 1 atom stereocenters. The molecule has 0 heterocycles. The number of halogens is 2. The van der Waals surface area contributed by atoms with Gasteiger partial charge in [-0.2, -0.15) is 0 Å². The fraction of sp³-hybridized carbons (Fsp3) is 0.538. The minimum Gasteiger partial charge on any atom is -0.388 e. The monoisotopic (exact) mass is 242 g/mol. The van der Waals surface area contributed by atoms with Crippen molar-refractivity contribution < 1.29 is 18.6 Å². The molecule has 1 aliphatic carbocycles. The second kappa shape index (κ2) is 4.70. The van der Waals surface area contributed by atoms with Gasteiger partial charge in [0.05, 0.1) is 11.7 Å². The molecule has 1 aliphatic rings. The van der Waals surface area contributed by atoms with Crippen LogP contribution in [0.25, 0.3) is 0 Å². The van der Waals surface area contributed by atoms with Crippen LogP contribution in [0.5, 0.6) is 0 Å². The van der Waals surface area contributed by atoms with Crippen molar-refractivity contribution >= 4 is 0 Å². The largest absolute Gasteiger partial charge is 0.388 e. The molecule has 1 aromatic rings. The molecule has 17 heavy (non-hydrogen) atoms. The van der Waals surface area contributed by atoms with Gasteiger partial charge < -0.3 is 9.84 Å². The van der Waals surface area contributed by atoms with Gasteiger partial charge in [-0.1, -0.05) is 0 Å². The van der Waals surface area contributed by atoms with E-state index in [9.17, 15) is 13.9 Å². The Hall–Kier alpha value is -1.00. The number of aliphatic hydroxyl groups excluding tert-OH is 1. The topological polar surface area (TPSA) is 29.5 Å². The number of methoxy groups -OCH3 is 1. The molecule has 0 aliphatic heterocycles. The maximum atomic E-state index is 13.0. The van der Waals surface area contributed by atoms with Gasteiger partial charge in [0.1, 0.15) is 11.6 Å². The third-order valence-corrected chi connectivity index (χ3v) is 3.53. The van der Waals surface area contributed by atoms with Crippen LogP contribution in [0.3, 0.4) is 0 Å². The van der Waals surface area contributed by atoms with Crippen molar-refractivity contribution in [1.82, 2.24) is 0 Å². The Bertz CT molecular complexity index is 377. The average Bonchev–Trinajstić information content (AvgIpc) is 2.21. The number of hydrogen-bond acceptors (Lipinski definition) is 2. The van der Waals surface area contributed by atoms with Crippen molar-refractivity contribution in [2.75, 3.05) is 7.11 Å². The second-order valence-corrected chi connectivity index (χ2v) is 4.66. The number of benzene rings is 1. The highest BCUT2D eigenvalue weighted by Gasteiger charge is 2.39. The first-order valence-corrected chi connectivity index (χ1v) is 5.74. The normalized spacial score (nSPS) is 19.8. The van der Waals surface area contributed by atoms with Crippen LogP contribution in [0.15, 0.2) is 18.2 Å². The number of ether oxygens (including phenoxy) is 1. The van der Waals surface area contributed by atoms with Gasteiger partial charge in [-0.05, 0) is 37.0 Å². The highest BCUT2D eigenvalue weighted by Crippen LogP contribution is 2.41. The summed E-state index contributed by atoms with van der Waals surface area (Å²) in [7, 11) is 1.61. The molecule has 0 amide bonds. The molecule has 1 fully saturated rings. The Morgan fingerprint density at radius 1 is 1.29 bits per heavy atom.